The summed E-state index contributed by atoms with van der Waals surface area (Å²) in [6.07, 6.45) is 6.79. The lowest BCUT2D eigenvalue weighted by atomic mass is 9.97. The predicted octanol–water partition coefficient (Wildman–Crippen LogP) is 3.45. The van der Waals surface area contributed by atoms with E-state index in [1.165, 1.54) is 18.6 Å². The number of amides is 1. The van der Waals surface area contributed by atoms with Crippen LogP contribution in [0.1, 0.15) is 51.4 Å². The minimum Gasteiger partial charge on any atom is -0.389 e. The van der Waals surface area contributed by atoms with Crippen molar-refractivity contribution in [3.63, 3.8) is 0 Å². The van der Waals surface area contributed by atoms with Crippen LogP contribution < -0.4 is 10.2 Å². The Morgan fingerprint density at radius 3 is 2.57 bits per heavy atom. The van der Waals surface area contributed by atoms with Crippen molar-refractivity contribution in [2.24, 2.45) is 0 Å². The summed E-state index contributed by atoms with van der Waals surface area (Å²) in [6, 6.07) is 4.55. The number of rotatable bonds is 4. The second-order valence-corrected chi connectivity index (χ2v) is 6.87. The molecule has 2 fully saturated rings. The summed E-state index contributed by atoms with van der Waals surface area (Å²) < 4.78 is 13.6. The second kappa shape index (κ2) is 6.87. The number of carbonyl (C=O) groups excluding carboxylic acids is 1. The van der Waals surface area contributed by atoms with E-state index in [1.807, 2.05) is 0 Å². The normalized spacial score (nSPS) is 20.5. The number of hydrogen-bond donors (Lipinski definition) is 2. The van der Waals surface area contributed by atoms with Gasteiger partial charge in [0.1, 0.15) is 5.82 Å². The molecule has 0 unspecified atom stereocenters. The van der Waals surface area contributed by atoms with Gasteiger partial charge in [0.15, 0.2) is 0 Å². The third-order valence-corrected chi connectivity index (χ3v) is 4.95. The van der Waals surface area contributed by atoms with Crippen molar-refractivity contribution < 1.29 is 14.3 Å². The summed E-state index contributed by atoms with van der Waals surface area (Å²) >= 11 is 0. The van der Waals surface area contributed by atoms with E-state index in [-0.39, 0.29) is 18.1 Å². The third-order valence-electron chi connectivity index (χ3n) is 4.95. The van der Waals surface area contributed by atoms with E-state index in [0.29, 0.717) is 18.5 Å². The van der Waals surface area contributed by atoms with Crippen molar-refractivity contribution in [3.05, 3.63) is 24.0 Å². The van der Waals surface area contributed by atoms with Crippen LogP contribution in [0.3, 0.4) is 0 Å². The van der Waals surface area contributed by atoms with Crippen LogP contribution in [0.25, 0.3) is 0 Å². The lowest BCUT2D eigenvalue weighted by Gasteiger charge is -2.31. The first-order valence-electron chi connectivity index (χ1n) is 8.63. The first-order valence-corrected chi connectivity index (χ1v) is 8.63. The summed E-state index contributed by atoms with van der Waals surface area (Å²) in [7, 11) is 0. The van der Waals surface area contributed by atoms with Crippen LogP contribution >= 0.6 is 0 Å². The summed E-state index contributed by atoms with van der Waals surface area (Å²) in [5.74, 6) is -0.598. The molecule has 1 amide bonds. The number of benzene rings is 1. The van der Waals surface area contributed by atoms with Gasteiger partial charge in [-0.15, -0.1) is 0 Å². The van der Waals surface area contributed by atoms with E-state index in [1.54, 1.807) is 6.07 Å². The standard InChI is InChI=1S/C18H25FN2O2/c19-14-6-7-16(21-10-4-1-5-11-21)15(12-14)20-17(22)13-18(23)8-2-3-9-18/h6-7,12,23H,1-5,8-11,13H2,(H,20,22). The minimum absolute atomic E-state index is 0.0863. The Hall–Kier alpha value is -1.62. The number of anilines is 2. The van der Waals surface area contributed by atoms with Gasteiger partial charge in [-0.2, -0.15) is 0 Å². The first-order chi connectivity index (χ1) is 11.1. The Bertz CT molecular complexity index is 564. The molecule has 1 saturated carbocycles. The molecule has 2 N–H and O–H groups in total. The van der Waals surface area contributed by atoms with Crippen LogP contribution in [0, 0.1) is 5.82 Å². The molecule has 4 nitrogen and oxygen atoms in total. The molecule has 126 valence electrons. The minimum atomic E-state index is -0.886. The monoisotopic (exact) mass is 320 g/mol. The van der Waals surface area contributed by atoms with Gasteiger partial charge < -0.3 is 15.3 Å². The highest BCUT2D eigenvalue weighted by Gasteiger charge is 2.33. The molecule has 5 heteroatoms. The third kappa shape index (κ3) is 4.02. The van der Waals surface area contributed by atoms with Crippen LogP contribution in [0.4, 0.5) is 15.8 Å². The molecule has 0 bridgehead atoms. The van der Waals surface area contributed by atoms with Crippen molar-refractivity contribution in [1.29, 1.82) is 0 Å². The van der Waals surface area contributed by atoms with Crippen LogP contribution in [0.2, 0.25) is 0 Å². The second-order valence-electron chi connectivity index (χ2n) is 6.87. The topological polar surface area (TPSA) is 52.6 Å². The van der Waals surface area contributed by atoms with E-state index in [0.717, 1.165) is 44.5 Å². The van der Waals surface area contributed by atoms with E-state index in [4.69, 9.17) is 0 Å². The Kier molecular flexibility index (Phi) is 4.85. The molecule has 1 heterocycles. The summed E-state index contributed by atoms with van der Waals surface area (Å²) in [5, 5.41) is 13.2. The zero-order chi connectivity index (χ0) is 16.3. The number of nitrogens with one attached hydrogen (secondary N) is 1. The number of carbonyl (C=O) groups is 1. The number of hydrogen-bond acceptors (Lipinski definition) is 3. The lowest BCUT2D eigenvalue weighted by molar-refractivity contribution is -0.120. The molecule has 3 rings (SSSR count). The van der Waals surface area contributed by atoms with Gasteiger partial charge in [0.05, 0.1) is 23.4 Å². The highest BCUT2D eigenvalue weighted by Crippen LogP contribution is 2.34. The Morgan fingerprint density at radius 1 is 1.17 bits per heavy atom. The molecule has 0 spiro atoms. The van der Waals surface area contributed by atoms with Crippen LogP contribution in [0.5, 0.6) is 0 Å². The Balaban J connectivity index is 1.73. The largest absolute Gasteiger partial charge is 0.389 e. The molecule has 0 atom stereocenters. The van der Waals surface area contributed by atoms with Crippen molar-refractivity contribution in [1.82, 2.24) is 0 Å². The maximum atomic E-state index is 13.6. The molecule has 23 heavy (non-hydrogen) atoms. The molecule has 1 aromatic rings. The van der Waals surface area contributed by atoms with E-state index >= 15 is 0 Å². The molecule has 1 aromatic carbocycles. The highest BCUT2D eigenvalue weighted by atomic mass is 19.1. The van der Waals surface area contributed by atoms with Crippen LogP contribution in [0.15, 0.2) is 18.2 Å². The molecule has 0 aromatic heterocycles. The van der Waals surface area contributed by atoms with Gasteiger partial charge in [-0.05, 0) is 50.3 Å². The fourth-order valence-corrected chi connectivity index (χ4v) is 3.72. The average molecular weight is 320 g/mol. The maximum Gasteiger partial charge on any atom is 0.227 e. The van der Waals surface area contributed by atoms with Gasteiger partial charge >= 0.3 is 0 Å². The van der Waals surface area contributed by atoms with E-state index < -0.39 is 5.60 Å². The van der Waals surface area contributed by atoms with Gasteiger partial charge in [0.25, 0.3) is 0 Å². The van der Waals surface area contributed by atoms with Gasteiger partial charge in [0, 0.05) is 13.1 Å². The summed E-state index contributed by atoms with van der Waals surface area (Å²) in [5.41, 5.74) is 0.499. The SMILES string of the molecule is O=C(CC1(O)CCCC1)Nc1cc(F)ccc1N1CCCCC1. The average Bonchev–Trinajstić information content (AvgIpc) is 2.94. The van der Waals surface area contributed by atoms with Crippen molar-refractivity contribution in [2.45, 2.75) is 57.0 Å². The number of nitrogens with zero attached hydrogens (tertiary/aromatic N) is 1. The van der Waals surface area contributed by atoms with E-state index in [2.05, 4.69) is 10.2 Å². The Labute approximate surface area is 136 Å². The van der Waals surface area contributed by atoms with E-state index in [9.17, 15) is 14.3 Å². The number of piperidine rings is 1. The van der Waals surface area contributed by atoms with Crippen molar-refractivity contribution >= 4 is 17.3 Å². The molecule has 1 saturated heterocycles. The Morgan fingerprint density at radius 2 is 1.87 bits per heavy atom. The number of halogens is 1. The van der Waals surface area contributed by atoms with Gasteiger partial charge in [-0.1, -0.05) is 12.8 Å². The fourth-order valence-electron chi connectivity index (χ4n) is 3.72. The van der Waals surface area contributed by atoms with Crippen molar-refractivity contribution in [3.8, 4) is 0 Å². The van der Waals surface area contributed by atoms with Gasteiger partial charge in [-0.25, -0.2) is 4.39 Å². The lowest BCUT2D eigenvalue weighted by Crippen LogP contribution is -2.32. The van der Waals surface area contributed by atoms with Crippen LogP contribution in [-0.2, 0) is 4.79 Å². The zero-order valence-corrected chi connectivity index (χ0v) is 13.5. The van der Waals surface area contributed by atoms with Gasteiger partial charge in [0.2, 0.25) is 5.91 Å². The predicted molar refractivity (Wildman–Crippen MR) is 89.1 cm³/mol. The number of aliphatic hydroxyl groups is 1. The molecular weight excluding hydrogens is 295 g/mol. The van der Waals surface area contributed by atoms with Crippen LogP contribution in [-0.4, -0.2) is 29.7 Å². The first kappa shape index (κ1) is 16.2. The molecule has 1 aliphatic heterocycles. The fraction of sp³-hybridized carbons (Fsp3) is 0.611. The van der Waals surface area contributed by atoms with Crippen molar-refractivity contribution in [2.75, 3.05) is 23.3 Å². The summed E-state index contributed by atoms with van der Waals surface area (Å²) in [6.45, 7) is 1.86. The molecule has 2 aliphatic rings. The quantitative estimate of drug-likeness (QED) is 0.893. The van der Waals surface area contributed by atoms with Gasteiger partial charge in [-0.3, -0.25) is 4.79 Å². The maximum absolute atomic E-state index is 13.6. The zero-order valence-electron chi connectivity index (χ0n) is 13.5. The summed E-state index contributed by atoms with van der Waals surface area (Å²) in [4.78, 5) is 14.5. The highest BCUT2D eigenvalue weighted by molar-refractivity contribution is 5.95. The smallest absolute Gasteiger partial charge is 0.227 e. The molecule has 0 radical (unpaired) electrons. The molecular formula is C18H25FN2O2. The molecule has 1 aliphatic carbocycles.